The molecule has 4 aliphatic heterocycles. The lowest BCUT2D eigenvalue weighted by atomic mass is 9.64. The Morgan fingerprint density at radius 2 is 2.14 bits per heavy atom. The summed E-state index contributed by atoms with van der Waals surface area (Å²) in [6.45, 7) is 6.28. The summed E-state index contributed by atoms with van der Waals surface area (Å²) in [7, 11) is 0. The van der Waals surface area contributed by atoms with Gasteiger partial charge in [-0.3, -0.25) is 9.69 Å². The van der Waals surface area contributed by atoms with Crippen molar-refractivity contribution >= 4 is 11.6 Å². The van der Waals surface area contributed by atoms with Crippen LogP contribution in [0.4, 0.5) is 18.9 Å². The molecule has 0 aliphatic carbocycles. The average Bonchev–Trinajstić information content (AvgIpc) is 3.17. The topological polar surface area (TPSA) is 62.6 Å². The molecular weight excluding hydrogens is 373 g/mol. The third-order valence-electron chi connectivity index (χ3n) is 6.78. The van der Waals surface area contributed by atoms with Crippen LogP contribution in [-0.2, 0) is 20.4 Å². The van der Waals surface area contributed by atoms with Gasteiger partial charge in [0.1, 0.15) is 6.23 Å². The van der Waals surface area contributed by atoms with E-state index in [1.54, 1.807) is 6.07 Å². The first-order valence-corrected chi connectivity index (χ1v) is 9.07. The van der Waals surface area contributed by atoms with E-state index in [0.29, 0.717) is 19.4 Å². The van der Waals surface area contributed by atoms with E-state index in [1.807, 2.05) is 6.92 Å². The van der Waals surface area contributed by atoms with Crippen LogP contribution in [0.2, 0.25) is 0 Å². The first-order chi connectivity index (χ1) is 13.1. The highest BCUT2D eigenvalue weighted by atomic mass is 19.4. The molecule has 8 heteroatoms. The SMILES string of the molecule is C=C1C[C@@]23CCO[C@H]4[C@@H]2[C@H](C(=O)N4c2ccc(C#N)c(C(F)(F)F)c2)[C@]1(C)O3. The summed E-state index contributed by atoms with van der Waals surface area (Å²) in [5, 5.41) is 9.02. The molecule has 1 aromatic rings. The maximum absolute atomic E-state index is 13.4. The first kappa shape index (κ1) is 17.7. The van der Waals surface area contributed by atoms with Crippen molar-refractivity contribution in [2.24, 2.45) is 11.8 Å². The number of hydrogen-bond acceptors (Lipinski definition) is 4. The number of fused-ring (bicyclic) bond motifs is 2. The molecule has 0 aromatic heterocycles. The van der Waals surface area contributed by atoms with Crippen LogP contribution in [0, 0.1) is 23.2 Å². The van der Waals surface area contributed by atoms with E-state index in [-0.39, 0.29) is 17.5 Å². The summed E-state index contributed by atoms with van der Waals surface area (Å²) in [5.74, 6) is -1.11. The summed E-state index contributed by atoms with van der Waals surface area (Å²) < 4.78 is 52.4. The molecule has 1 amide bonds. The van der Waals surface area contributed by atoms with Crippen molar-refractivity contribution in [3.63, 3.8) is 0 Å². The smallest absolute Gasteiger partial charge is 0.363 e. The standard InChI is InChI=1S/C20H17F3N2O3/c1-10-8-19-5-6-27-17-15(19)14(18(10,2)28-19)16(26)25(17)12-4-3-11(9-24)13(7-12)20(21,22)23/h3-4,7,14-15,17H,1,5-6,8H2,2H3/t14-,15+,17+,18-,19+/m1/s1. The molecule has 4 saturated heterocycles. The molecule has 4 aliphatic rings. The molecule has 4 heterocycles. The van der Waals surface area contributed by atoms with Gasteiger partial charge in [0.25, 0.3) is 0 Å². The maximum atomic E-state index is 13.4. The molecule has 5 atom stereocenters. The number of ether oxygens (including phenoxy) is 2. The van der Waals surface area contributed by atoms with Gasteiger partial charge in [0.05, 0.1) is 40.9 Å². The molecule has 28 heavy (non-hydrogen) atoms. The van der Waals surface area contributed by atoms with Crippen LogP contribution >= 0.6 is 0 Å². The molecule has 0 saturated carbocycles. The van der Waals surface area contributed by atoms with Crippen LogP contribution in [0.15, 0.2) is 30.4 Å². The predicted octanol–water partition coefficient (Wildman–Crippen LogP) is 3.39. The highest BCUT2D eigenvalue weighted by Gasteiger charge is 2.76. The monoisotopic (exact) mass is 390 g/mol. The molecule has 5 rings (SSSR count). The molecular formula is C20H17F3N2O3. The van der Waals surface area contributed by atoms with Crippen molar-refractivity contribution in [2.45, 2.75) is 43.4 Å². The Labute approximate surface area is 159 Å². The Kier molecular flexibility index (Phi) is 3.26. The van der Waals surface area contributed by atoms with Crippen molar-refractivity contribution < 1.29 is 27.4 Å². The molecule has 1 aromatic carbocycles. The van der Waals surface area contributed by atoms with Gasteiger partial charge in [-0.15, -0.1) is 0 Å². The number of alkyl halides is 3. The number of hydrogen-bond donors (Lipinski definition) is 0. The van der Waals surface area contributed by atoms with Crippen LogP contribution in [0.1, 0.15) is 30.9 Å². The molecule has 0 unspecified atom stereocenters. The molecule has 0 N–H and O–H groups in total. The second-order valence-corrected chi connectivity index (χ2v) is 8.12. The van der Waals surface area contributed by atoms with Crippen LogP contribution in [0.3, 0.4) is 0 Å². The molecule has 146 valence electrons. The number of nitrogens with zero attached hydrogens (tertiary/aromatic N) is 2. The average molecular weight is 390 g/mol. The van der Waals surface area contributed by atoms with Crippen molar-refractivity contribution in [2.75, 3.05) is 11.5 Å². The van der Waals surface area contributed by atoms with Crippen molar-refractivity contribution in [1.29, 1.82) is 5.26 Å². The van der Waals surface area contributed by atoms with Gasteiger partial charge in [-0.1, -0.05) is 6.58 Å². The van der Waals surface area contributed by atoms with Gasteiger partial charge in [-0.25, -0.2) is 0 Å². The lowest BCUT2D eigenvalue weighted by molar-refractivity contribution is -0.140. The zero-order valence-corrected chi connectivity index (χ0v) is 15.0. The van der Waals surface area contributed by atoms with Crippen molar-refractivity contribution in [3.05, 3.63) is 41.5 Å². The van der Waals surface area contributed by atoms with Gasteiger partial charge >= 0.3 is 6.18 Å². The normalized spacial score (nSPS) is 38.7. The number of rotatable bonds is 1. The Balaban J connectivity index is 1.63. The van der Waals surface area contributed by atoms with E-state index >= 15 is 0 Å². The van der Waals surface area contributed by atoms with E-state index in [2.05, 4.69) is 6.58 Å². The number of nitriles is 1. The highest BCUT2D eigenvalue weighted by molar-refractivity contribution is 6.00. The lowest BCUT2D eigenvalue weighted by Gasteiger charge is -2.41. The van der Waals surface area contributed by atoms with Crippen LogP contribution in [0.5, 0.6) is 0 Å². The molecule has 0 radical (unpaired) electrons. The van der Waals surface area contributed by atoms with Crippen molar-refractivity contribution in [1.82, 2.24) is 0 Å². The number of anilines is 1. The zero-order valence-electron chi connectivity index (χ0n) is 15.0. The Hall–Kier alpha value is -2.37. The van der Waals surface area contributed by atoms with Crippen LogP contribution in [-0.4, -0.2) is 29.9 Å². The minimum Gasteiger partial charge on any atom is -0.363 e. The van der Waals surface area contributed by atoms with Gasteiger partial charge in [-0.05, 0) is 30.7 Å². The van der Waals surface area contributed by atoms with E-state index in [4.69, 9.17) is 14.7 Å². The minimum absolute atomic E-state index is 0.0846. The van der Waals surface area contributed by atoms with Gasteiger partial charge in [0.2, 0.25) is 5.91 Å². The second-order valence-electron chi connectivity index (χ2n) is 8.12. The fraction of sp³-hybridized carbons (Fsp3) is 0.500. The Morgan fingerprint density at radius 1 is 1.39 bits per heavy atom. The lowest BCUT2D eigenvalue weighted by Crippen LogP contribution is -2.51. The Morgan fingerprint density at radius 3 is 2.82 bits per heavy atom. The van der Waals surface area contributed by atoms with E-state index in [9.17, 15) is 18.0 Å². The number of carbonyl (C=O) groups excluding carboxylic acids is 1. The third-order valence-corrected chi connectivity index (χ3v) is 6.78. The number of carbonyl (C=O) groups is 1. The first-order valence-electron chi connectivity index (χ1n) is 9.07. The molecule has 1 spiro atoms. The van der Waals surface area contributed by atoms with E-state index < -0.39 is 40.7 Å². The largest absolute Gasteiger partial charge is 0.417 e. The fourth-order valence-corrected chi connectivity index (χ4v) is 5.56. The quantitative estimate of drug-likeness (QED) is 0.690. The van der Waals surface area contributed by atoms with E-state index in [1.165, 1.54) is 11.0 Å². The third kappa shape index (κ3) is 1.96. The number of amides is 1. The highest BCUT2D eigenvalue weighted by Crippen LogP contribution is 2.66. The van der Waals surface area contributed by atoms with Gasteiger partial charge in [0.15, 0.2) is 0 Å². The minimum atomic E-state index is -4.70. The van der Waals surface area contributed by atoms with E-state index in [0.717, 1.165) is 17.7 Å². The molecule has 5 nitrogen and oxygen atoms in total. The van der Waals surface area contributed by atoms with Crippen molar-refractivity contribution in [3.8, 4) is 6.07 Å². The maximum Gasteiger partial charge on any atom is 0.417 e. The summed E-state index contributed by atoms with van der Waals surface area (Å²) in [6, 6.07) is 4.90. The zero-order chi connectivity index (χ0) is 20.1. The number of halogens is 3. The van der Waals surface area contributed by atoms with Crippen LogP contribution in [0.25, 0.3) is 0 Å². The van der Waals surface area contributed by atoms with Gasteiger partial charge in [-0.2, -0.15) is 18.4 Å². The van der Waals surface area contributed by atoms with Crippen LogP contribution < -0.4 is 4.90 Å². The number of benzene rings is 1. The van der Waals surface area contributed by atoms with Gasteiger partial charge < -0.3 is 9.47 Å². The summed E-state index contributed by atoms with van der Waals surface area (Å²) in [6.07, 6.45) is -4.12. The summed E-state index contributed by atoms with van der Waals surface area (Å²) >= 11 is 0. The summed E-state index contributed by atoms with van der Waals surface area (Å²) in [5.41, 5.74) is -1.99. The second kappa shape index (κ2) is 5.16. The molecule has 4 fully saturated rings. The Bertz CT molecular complexity index is 968. The molecule has 2 bridgehead atoms. The fourth-order valence-electron chi connectivity index (χ4n) is 5.56. The predicted molar refractivity (Wildman–Crippen MR) is 91.0 cm³/mol. The summed E-state index contributed by atoms with van der Waals surface area (Å²) in [4.78, 5) is 14.7. The van der Waals surface area contributed by atoms with Gasteiger partial charge in [0, 0.05) is 24.4 Å².